The molecule has 2 N–H and O–H groups in total. The highest BCUT2D eigenvalue weighted by Crippen LogP contribution is 2.30. The first-order valence-electron chi connectivity index (χ1n) is 7.22. The first kappa shape index (κ1) is 18.4. The molecule has 0 aliphatic rings. The fourth-order valence-corrected chi connectivity index (χ4v) is 2.56. The molecule has 0 bridgehead atoms. The zero-order valence-corrected chi connectivity index (χ0v) is 13.5. The van der Waals surface area contributed by atoms with Gasteiger partial charge in [0.2, 0.25) is 0 Å². The summed E-state index contributed by atoms with van der Waals surface area (Å²) in [6.07, 6.45) is 2.15. The average molecular weight is 329 g/mol. The molecule has 1 aromatic carbocycles. The van der Waals surface area contributed by atoms with Crippen LogP contribution in [0.1, 0.15) is 43.5 Å². The Labute approximate surface area is 134 Å². The highest BCUT2D eigenvalue weighted by atomic mass is 35.5. The Kier molecular flexibility index (Phi) is 6.77. The minimum Gasteiger partial charge on any atom is -0.396 e. The number of hydrogen-bond donors (Lipinski definition) is 2. The molecule has 0 fully saturated rings. The molecule has 7 heteroatoms. The molecule has 1 rings (SSSR count). The lowest BCUT2D eigenvalue weighted by Gasteiger charge is -2.31. The number of carbonyl (C=O) groups is 1. The Bertz CT molecular complexity index is 544. The van der Waals surface area contributed by atoms with E-state index in [9.17, 15) is 20.0 Å². The highest BCUT2D eigenvalue weighted by Gasteiger charge is 2.28. The van der Waals surface area contributed by atoms with Gasteiger partial charge in [0.15, 0.2) is 0 Å². The summed E-state index contributed by atoms with van der Waals surface area (Å²) in [4.78, 5) is 22.7. The number of benzene rings is 1. The molecule has 6 nitrogen and oxygen atoms in total. The van der Waals surface area contributed by atoms with Crippen LogP contribution < -0.4 is 5.32 Å². The van der Waals surface area contributed by atoms with Crippen LogP contribution in [-0.2, 0) is 0 Å². The third kappa shape index (κ3) is 4.42. The molecule has 22 heavy (non-hydrogen) atoms. The van der Waals surface area contributed by atoms with E-state index in [0.717, 1.165) is 12.8 Å². The van der Waals surface area contributed by atoms with Gasteiger partial charge < -0.3 is 10.4 Å². The fraction of sp³-hybridized carbons (Fsp3) is 0.533. The van der Waals surface area contributed by atoms with Crippen LogP contribution >= 0.6 is 11.6 Å². The molecule has 1 aromatic rings. The minimum atomic E-state index is -0.605. The van der Waals surface area contributed by atoms with E-state index in [-0.39, 0.29) is 28.3 Å². The summed E-state index contributed by atoms with van der Waals surface area (Å²) in [5.74, 6) is -0.529. The van der Waals surface area contributed by atoms with Crippen molar-refractivity contribution in [3.63, 3.8) is 0 Å². The number of carbonyl (C=O) groups excluding carboxylic acids is 1. The van der Waals surface area contributed by atoms with Crippen LogP contribution in [-0.4, -0.2) is 29.1 Å². The lowest BCUT2D eigenvalue weighted by molar-refractivity contribution is -0.385. The molecule has 0 unspecified atom stereocenters. The molecule has 122 valence electrons. The van der Waals surface area contributed by atoms with Gasteiger partial charge in [-0.3, -0.25) is 14.9 Å². The summed E-state index contributed by atoms with van der Waals surface area (Å²) >= 11 is 5.82. The highest BCUT2D eigenvalue weighted by molar-refractivity contribution is 6.31. The molecular weight excluding hydrogens is 308 g/mol. The van der Waals surface area contributed by atoms with Crippen molar-refractivity contribution in [2.24, 2.45) is 5.41 Å². The number of hydrogen-bond acceptors (Lipinski definition) is 4. The summed E-state index contributed by atoms with van der Waals surface area (Å²) in [6.45, 7) is 4.37. The van der Waals surface area contributed by atoms with Crippen molar-refractivity contribution in [3.8, 4) is 0 Å². The first-order valence-corrected chi connectivity index (χ1v) is 7.60. The minimum absolute atomic E-state index is 0.0366. The standard InChI is InChI=1S/C15H21ClN2O4/c1-3-15(4-2,7-8-19)10-17-14(20)12-9-11(16)5-6-13(12)18(21)22/h5-6,9,19H,3-4,7-8,10H2,1-2H3,(H,17,20). The molecule has 1 amide bonds. The quantitative estimate of drug-likeness (QED) is 0.566. The van der Waals surface area contributed by atoms with E-state index in [1.807, 2.05) is 13.8 Å². The van der Waals surface area contributed by atoms with Gasteiger partial charge in [-0.15, -0.1) is 0 Å². The number of halogens is 1. The number of aliphatic hydroxyl groups excluding tert-OH is 1. The number of nitrogens with zero attached hydrogens (tertiary/aromatic N) is 1. The van der Waals surface area contributed by atoms with E-state index in [4.69, 9.17) is 11.6 Å². The van der Waals surface area contributed by atoms with E-state index in [1.165, 1.54) is 18.2 Å². The SMILES string of the molecule is CCC(CC)(CCO)CNC(=O)c1cc(Cl)ccc1[N+](=O)[O-]. The van der Waals surface area contributed by atoms with E-state index >= 15 is 0 Å². The number of nitro benzene ring substituents is 1. The number of rotatable bonds is 8. The predicted molar refractivity (Wildman–Crippen MR) is 85.2 cm³/mol. The molecule has 0 saturated heterocycles. The molecule has 0 aliphatic heterocycles. The van der Waals surface area contributed by atoms with Crippen molar-refractivity contribution >= 4 is 23.2 Å². The Morgan fingerprint density at radius 3 is 2.55 bits per heavy atom. The zero-order valence-electron chi connectivity index (χ0n) is 12.8. The van der Waals surface area contributed by atoms with E-state index in [1.54, 1.807) is 0 Å². The third-order valence-corrected chi connectivity index (χ3v) is 4.40. The monoisotopic (exact) mass is 328 g/mol. The smallest absolute Gasteiger partial charge is 0.282 e. The predicted octanol–water partition coefficient (Wildman–Crippen LogP) is 3.17. The van der Waals surface area contributed by atoms with Gasteiger partial charge in [0.1, 0.15) is 5.56 Å². The van der Waals surface area contributed by atoms with Crippen molar-refractivity contribution in [1.82, 2.24) is 5.32 Å². The van der Waals surface area contributed by atoms with Crippen molar-refractivity contribution in [1.29, 1.82) is 0 Å². The lowest BCUT2D eigenvalue weighted by Crippen LogP contribution is -2.37. The van der Waals surface area contributed by atoms with Gasteiger partial charge >= 0.3 is 0 Å². The van der Waals surface area contributed by atoms with Gasteiger partial charge in [0.05, 0.1) is 4.92 Å². The molecule has 0 atom stereocenters. The maximum atomic E-state index is 12.3. The van der Waals surface area contributed by atoms with Gasteiger partial charge in [-0.2, -0.15) is 0 Å². The third-order valence-electron chi connectivity index (χ3n) is 4.17. The average Bonchev–Trinajstić information content (AvgIpc) is 2.50. The van der Waals surface area contributed by atoms with Gasteiger partial charge in [-0.1, -0.05) is 25.4 Å². The van der Waals surface area contributed by atoms with E-state index in [0.29, 0.717) is 13.0 Å². The summed E-state index contributed by atoms with van der Waals surface area (Å²) in [5.41, 5.74) is -0.539. The second-order valence-electron chi connectivity index (χ2n) is 5.28. The van der Waals surface area contributed by atoms with E-state index in [2.05, 4.69) is 5.32 Å². The van der Waals surface area contributed by atoms with Crippen LogP contribution in [0.4, 0.5) is 5.69 Å². The van der Waals surface area contributed by atoms with Gasteiger partial charge in [-0.05, 0) is 36.8 Å². The summed E-state index contributed by atoms with van der Waals surface area (Å²) in [5, 5.41) is 23.2. The van der Waals surface area contributed by atoms with Gasteiger partial charge in [-0.25, -0.2) is 0 Å². The van der Waals surface area contributed by atoms with Gasteiger partial charge in [0.25, 0.3) is 11.6 Å². The van der Waals surface area contributed by atoms with Gasteiger partial charge in [0, 0.05) is 24.2 Å². The van der Waals surface area contributed by atoms with Crippen molar-refractivity contribution in [2.45, 2.75) is 33.1 Å². The Morgan fingerprint density at radius 2 is 2.05 bits per heavy atom. The maximum absolute atomic E-state index is 12.3. The number of nitrogens with one attached hydrogen (secondary N) is 1. The summed E-state index contributed by atoms with van der Waals surface area (Å²) < 4.78 is 0. The summed E-state index contributed by atoms with van der Waals surface area (Å²) in [6, 6.07) is 3.89. The van der Waals surface area contributed by atoms with Crippen LogP contribution in [0, 0.1) is 15.5 Å². The first-order chi connectivity index (χ1) is 10.4. The fourth-order valence-electron chi connectivity index (χ4n) is 2.39. The Hall–Kier alpha value is -1.66. The molecule has 0 saturated carbocycles. The topological polar surface area (TPSA) is 92.5 Å². The van der Waals surface area contributed by atoms with Crippen molar-refractivity contribution in [2.75, 3.05) is 13.2 Å². The second-order valence-corrected chi connectivity index (χ2v) is 5.72. The molecular formula is C15H21ClN2O4. The van der Waals surface area contributed by atoms with Crippen LogP contribution in [0.3, 0.4) is 0 Å². The van der Waals surface area contributed by atoms with Crippen LogP contribution in [0.15, 0.2) is 18.2 Å². The molecule has 0 aromatic heterocycles. The second kappa shape index (κ2) is 8.10. The normalized spacial score (nSPS) is 11.3. The van der Waals surface area contributed by atoms with Crippen molar-refractivity contribution < 1.29 is 14.8 Å². The number of nitro groups is 1. The molecule has 0 spiro atoms. The number of amides is 1. The maximum Gasteiger partial charge on any atom is 0.282 e. The van der Waals surface area contributed by atoms with Crippen LogP contribution in [0.5, 0.6) is 0 Å². The number of aliphatic hydroxyl groups is 1. The molecule has 0 radical (unpaired) electrons. The zero-order chi connectivity index (χ0) is 16.8. The van der Waals surface area contributed by atoms with Crippen LogP contribution in [0.25, 0.3) is 0 Å². The Balaban J connectivity index is 2.94. The largest absolute Gasteiger partial charge is 0.396 e. The molecule has 0 aliphatic carbocycles. The van der Waals surface area contributed by atoms with Crippen LogP contribution in [0.2, 0.25) is 5.02 Å². The lowest BCUT2D eigenvalue weighted by atomic mass is 9.79. The summed E-state index contributed by atoms with van der Waals surface area (Å²) in [7, 11) is 0. The van der Waals surface area contributed by atoms with E-state index < -0.39 is 10.8 Å². The van der Waals surface area contributed by atoms with Crippen molar-refractivity contribution in [3.05, 3.63) is 38.9 Å². The Morgan fingerprint density at radius 1 is 1.41 bits per heavy atom. The molecule has 0 heterocycles.